The molecule has 0 aliphatic heterocycles. The molecule has 2 aromatic rings. The highest BCUT2D eigenvalue weighted by Gasteiger charge is 2.13. The van der Waals surface area contributed by atoms with Crippen LogP contribution in [0.5, 0.6) is 5.75 Å². The molecule has 0 fully saturated rings. The molecule has 0 spiro atoms. The summed E-state index contributed by atoms with van der Waals surface area (Å²) < 4.78 is 5.29. The van der Waals surface area contributed by atoms with Crippen LogP contribution in [0.15, 0.2) is 42.7 Å². The van der Waals surface area contributed by atoms with E-state index in [9.17, 15) is 0 Å². The number of hydrogen-bond donors (Lipinski definition) is 1. The van der Waals surface area contributed by atoms with Crippen LogP contribution in [0, 0.1) is 6.92 Å². The zero-order chi connectivity index (χ0) is 15.1. The molecule has 2 rings (SSSR count). The Hall–Kier alpha value is -1.87. The third kappa shape index (κ3) is 4.57. The molecule has 0 aliphatic rings. The zero-order valence-electron chi connectivity index (χ0n) is 13.1. The SMILES string of the molecule is CCCNC(Cc1ccc(C)cc1)c1cncc(OC)c1. The van der Waals surface area contributed by atoms with Crippen LogP contribution in [-0.2, 0) is 6.42 Å². The fourth-order valence-corrected chi connectivity index (χ4v) is 2.32. The number of methoxy groups -OCH3 is 1. The Labute approximate surface area is 127 Å². The lowest BCUT2D eigenvalue weighted by Crippen LogP contribution is -2.24. The van der Waals surface area contributed by atoms with E-state index in [4.69, 9.17) is 4.74 Å². The van der Waals surface area contributed by atoms with Gasteiger partial charge in [-0.05, 0) is 43.5 Å². The van der Waals surface area contributed by atoms with Crippen LogP contribution in [0.1, 0.15) is 36.1 Å². The van der Waals surface area contributed by atoms with Crippen LogP contribution in [0.3, 0.4) is 0 Å². The van der Waals surface area contributed by atoms with Crippen LogP contribution in [-0.4, -0.2) is 18.6 Å². The van der Waals surface area contributed by atoms with E-state index >= 15 is 0 Å². The molecule has 0 aliphatic carbocycles. The lowest BCUT2D eigenvalue weighted by atomic mass is 9.99. The van der Waals surface area contributed by atoms with Crippen molar-refractivity contribution < 1.29 is 4.74 Å². The number of nitrogens with zero attached hydrogens (tertiary/aromatic N) is 1. The highest BCUT2D eigenvalue weighted by Crippen LogP contribution is 2.21. The lowest BCUT2D eigenvalue weighted by molar-refractivity contribution is 0.410. The summed E-state index contributed by atoms with van der Waals surface area (Å²) in [5.74, 6) is 0.805. The van der Waals surface area contributed by atoms with E-state index in [1.807, 2.05) is 6.20 Å². The number of benzene rings is 1. The fourth-order valence-electron chi connectivity index (χ4n) is 2.32. The summed E-state index contributed by atoms with van der Waals surface area (Å²) in [7, 11) is 1.68. The third-order valence-corrected chi connectivity index (χ3v) is 3.57. The number of aryl methyl sites for hydroxylation is 1. The van der Waals surface area contributed by atoms with Crippen molar-refractivity contribution >= 4 is 0 Å². The summed E-state index contributed by atoms with van der Waals surface area (Å²) in [6, 6.07) is 11.0. The van der Waals surface area contributed by atoms with Crippen molar-refractivity contribution in [3.8, 4) is 5.75 Å². The molecule has 1 aromatic heterocycles. The van der Waals surface area contributed by atoms with Gasteiger partial charge in [0.2, 0.25) is 0 Å². The lowest BCUT2D eigenvalue weighted by Gasteiger charge is -2.19. The van der Waals surface area contributed by atoms with Gasteiger partial charge in [0, 0.05) is 12.2 Å². The highest BCUT2D eigenvalue weighted by molar-refractivity contribution is 5.29. The molecule has 1 heterocycles. The van der Waals surface area contributed by atoms with Gasteiger partial charge in [0.05, 0.1) is 13.3 Å². The third-order valence-electron chi connectivity index (χ3n) is 3.57. The van der Waals surface area contributed by atoms with Crippen LogP contribution in [0.25, 0.3) is 0 Å². The first-order valence-corrected chi connectivity index (χ1v) is 7.50. The smallest absolute Gasteiger partial charge is 0.137 e. The van der Waals surface area contributed by atoms with Gasteiger partial charge in [-0.2, -0.15) is 0 Å². The van der Waals surface area contributed by atoms with E-state index in [-0.39, 0.29) is 6.04 Å². The molecule has 0 radical (unpaired) electrons. The van der Waals surface area contributed by atoms with Crippen molar-refractivity contribution in [3.63, 3.8) is 0 Å². The van der Waals surface area contributed by atoms with E-state index in [0.717, 1.165) is 25.1 Å². The van der Waals surface area contributed by atoms with Gasteiger partial charge in [-0.3, -0.25) is 4.98 Å². The number of rotatable bonds is 7. The molecule has 0 saturated heterocycles. The molecular weight excluding hydrogens is 260 g/mol. The molecule has 112 valence electrons. The van der Waals surface area contributed by atoms with Gasteiger partial charge in [0.25, 0.3) is 0 Å². The molecule has 1 unspecified atom stereocenters. The molecular formula is C18H24N2O. The fraction of sp³-hybridized carbons (Fsp3) is 0.389. The van der Waals surface area contributed by atoms with Crippen molar-refractivity contribution in [2.75, 3.05) is 13.7 Å². The molecule has 0 bridgehead atoms. The van der Waals surface area contributed by atoms with Gasteiger partial charge >= 0.3 is 0 Å². The number of ether oxygens (including phenoxy) is 1. The largest absolute Gasteiger partial charge is 0.495 e. The summed E-state index contributed by atoms with van der Waals surface area (Å²) in [4.78, 5) is 4.28. The minimum atomic E-state index is 0.259. The predicted molar refractivity (Wildman–Crippen MR) is 86.7 cm³/mol. The van der Waals surface area contributed by atoms with Crippen LogP contribution in [0.2, 0.25) is 0 Å². The summed E-state index contributed by atoms with van der Waals surface area (Å²) >= 11 is 0. The first kappa shape index (κ1) is 15.5. The van der Waals surface area contributed by atoms with Gasteiger partial charge in [-0.25, -0.2) is 0 Å². The molecule has 1 aromatic carbocycles. The van der Waals surface area contributed by atoms with E-state index in [2.05, 4.69) is 54.5 Å². The Bertz CT molecular complexity index is 551. The van der Waals surface area contributed by atoms with E-state index in [1.54, 1.807) is 13.3 Å². The quantitative estimate of drug-likeness (QED) is 0.842. The maximum atomic E-state index is 5.29. The molecule has 3 nitrogen and oxygen atoms in total. The van der Waals surface area contributed by atoms with Crippen molar-refractivity contribution in [3.05, 3.63) is 59.4 Å². The second-order valence-corrected chi connectivity index (χ2v) is 5.35. The molecule has 1 atom stereocenters. The topological polar surface area (TPSA) is 34.2 Å². The molecule has 0 amide bonds. The van der Waals surface area contributed by atoms with Crippen molar-refractivity contribution in [1.29, 1.82) is 0 Å². The summed E-state index contributed by atoms with van der Waals surface area (Å²) in [6.45, 7) is 5.29. The number of pyridine rings is 1. The van der Waals surface area contributed by atoms with Gasteiger partial charge < -0.3 is 10.1 Å². The normalized spacial score (nSPS) is 12.1. The Morgan fingerprint density at radius 1 is 1.19 bits per heavy atom. The molecule has 21 heavy (non-hydrogen) atoms. The molecule has 0 saturated carbocycles. The van der Waals surface area contributed by atoms with Crippen LogP contribution < -0.4 is 10.1 Å². The van der Waals surface area contributed by atoms with Crippen molar-refractivity contribution in [2.24, 2.45) is 0 Å². The molecule has 1 N–H and O–H groups in total. The Morgan fingerprint density at radius 2 is 1.95 bits per heavy atom. The summed E-state index contributed by atoms with van der Waals surface area (Å²) in [5.41, 5.74) is 3.79. The second-order valence-electron chi connectivity index (χ2n) is 5.35. The van der Waals surface area contributed by atoms with Gasteiger partial charge in [0.1, 0.15) is 5.75 Å². The predicted octanol–water partition coefficient (Wildman–Crippen LogP) is 3.68. The van der Waals surface area contributed by atoms with Gasteiger partial charge in [-0.1, -0.05) is 36.8 Å². The maximum Gasteiger partial charge on any atom is 0.137 e. The Kier molecular flexibility index (Phi) is 5.76. The standard InChI is InChI=1S/C18H24N2O/c1-4-9-20-18(10-15-7-5-14(2)6-8-15)16-11-17(21-3)13-19-12-16/h5-8,11-13,18,20H,4,9-10H2,1-3H3. The molecule has 3 heteroatoms. The number of aromatic nitrogens is 1. The van der Waals surface area contributed by atoms with Crippen LogP contribution >= 0.6 is 0 Å². The van der Waals surface area contributed by atoms with Gasteiger partial charge in [-0.15, -0.1) is 0 Å². The van der Waals surface area contributed by atoms with Crippen LogP contribution in [0.4, 0.5) is 0 Å². The van der Waals surface area contributed by atoms with Gasteiger partial charge in [0.15, 0.2) is 0 Å². The van der Waals surface area contributed by atoms with E-state index < -0.39 is 0 Å². The average Bonchev–Trinajstić information content (AvgIpc) is 2.53. The van der Waals surface area contributed by atoms with Crippen molar-refractivity contribution in [2.45, 2.75) is 32.7 Å². The minimum absolute atomic E-state index is 0.259. The van der Waals surface area contributed by atoms with E-state index in [1.165, 1.54) is 16.7 Å². The first-order valence-electron chi connectivity index (χ1n) is 7.50. The second kappa shape index (κ2) is 7.79. The zero-order valence-corrected chi connectivity index (χ0v) is 13.1. The Morgan fingerprint density at radius 3 is 2.62 bits per heavy atom. The number of hydrogen-bond acceptors (Lipinski definition) is 3. The van der Waals surface area contributed by atoms with E-state index in [0.29, 0.717) is 0 Å². The minimum Gasteiger partial charge on any atom is -0.495 e. The maximum absolute atomic E-state index is 5.29. The monoisotopic (exact) mass is 284 g/mol. The average molecular weight is 284 g/mol. The Balaban J connectivity index is 2.18. The first-order chi connectivity index (χ1) is 10.2. The highest BCUT2D eigenvalue weighted by atomic mass is 16.5. The van der Waals surface area contributed by atoms with Crippen molar-refractivity contribution in [1.82, 2.24) is 10.3 Å². The summed E-state index contributed by atoms with van der Waals surface area (Å²) in [6.07, 6.45) is 5.73. The number of nitrogens with one attached hydrogen (secondary N) is 1. The summed E-state index contributed by atoms with van der Waals surface area (Å²) in [5, 5.41) is 3.60.